The Morgan fingerprint density at radius 3 is 2.43 bits per heavy atom. The highest BCUT2D eigenvalue weighted by Gasteiger charge is 2.44. The van der Waals surface area contributed by atoms with E-state index in [1.807, 2.05) is 13.8 Å². The molecule has 3 N–H and O–H groups in total. The number of amides is 3. The van der Waals surface area contributed by atoms with Crippen molar-refractivity contribution in [3.63, 3.8) is 0 Å². The zero-order valence-electron chi connectivity index (χ0n) is 27.7. The van der Waals surface area contributed by atoms with E-state index in [0.717, 1.165) is 7.11 Å². The van der Waals surface area contributed by atoms with Gasteiger partial charge < -0.3 is 34.7 Å². The summed E-state index contributed by atoms with van der Waals surface area (Å²) in [6, 6.07) is 4.64. The number of ketones is 1. The van der Waals surface area contributed by atoms with Gasteiger partial charge in [-0.15, -0.1) is 0 Å². The first-order valence-electron chi connectivity index (χ1n) is 15.5. The fraction of sp³-hybridized carbons (Fsp3) is 0.562. The molecule has 0 radical (unpaired) electrons. The van der Waals surface area contributed by atoms with E-state index in [1.165, 1.54) is 18.9 Å². The van der Waals surface area contributed by atoms with Gasteiger partial charge in [-0.05, 0) is 49.8 Å². The van der Waals surface area contributed by atoms with Gasteiger partial charge in [-0.2, -0.15) is 4.89 Å². The number of Topliss-reactive ketones (excluding diaryl/α,β-unsaturated/α-hetero) is 1. The van der Waals surface area contributed by atoms with Crippen LogP contribution in [0.3, 0.4) is 0 Å². The van der Waals surface area contributed by atoms with Gasteiger partial charge in [0.1, 0.15) is 17.5 Å². The normalized spacial score (nSPS) is 17.1. The Morgan fingerprint density at radius 2 is 1.79 bits per heavy atom. The number of benzene rings is 1. The maximum atomic E-state index is 13.8. The minimum atomic E-state index is -1.27. The molecule has 1 saturated heterocycles. The average molecular weight is 661 g/mol. The SMILES string of the molecule is CCC(=O)OOCC(=O)C(NC(=O)C(CC(C)C)NC(=O)c1cc2c(OC)cccc2[nH]1)C(C)[C@@H]1CCN(C(C)OC(=O)OC)C1=O. The minimum absolute atomic E-state index is 0.0166. The van der Waals surface area contributed by atoms with E-state index >= 15 is 0 Å². The molecule has 1 aromatic carbocycles. The van der Waals surface area contributed by atoms with Gasteiger partial charge in [0.15, 0.2) is 18.6 Å². The Balaban J connectivity index is 1.83. The van der Waals surface area contributed by atoms with Crippen molar-refractivity contribution in [3.05, 3.63) is 30.0 Å². The van der Waals surface area contributed by atoms with Crippen molar-refractivity contribution in [2.24, 2.45) is 17.8 Å². The number of hydrogen-bond acceptors (Lipinski definition) is 11. The summed E-state index contributed by atoms with van der Waals surface area (Å²) in [5.41, 5.74) is 0.877. The molecule has 0 spiro atoms. The standard InChI is InChI=1S/C32H44N4O11/c1-8-27(38)47-45-16-25(37)28(18(4)20-12-13-36(31(20)41)19(5)46-32(42)44-7)35-30(40)23(14-17(2)3)34-29(39)24-15-21-22(33-24)10-9-11-26(21)43-6/h9-11,15,17-20,23,28,33H,8,12-14,16H2,1-7H3,(H,34,39)(H,35,40)/t18?,19?,20-,23?,28?/m0/s1. The zero-order chi connectivity index (χ0) is 34.8. The van der Waals surface area contributed by atoms with E-state index in [9.17, 15) is 28.8 Å². The van der Waals surface area contributed by atoms with Crippen molar-refractivity contribution in [1.82, 2.24) is 20.5 Å². The van der Waals surface area contributed by atoms with Gasteiger partial charge in [-0.1, -0.05) is 33.8 Å². The summed E-state index contributed by atoms with van der Waals surface area (Å²) in [5.74, 6) is -3.90. The Kier molecular flexibility index (Phi) is 13.1. The molecule has 4 unspecified atom stereocenters. The van der Waals surface area contributed by atoms with Crippen LogP contribution in [0.2, 0.25) is 0 Å². The third-order valence-corrected chi connectivity index (χ3v) is 8.02. The summed E-state index contributed by atoms with van der Waals surface area (Å²) < 4.78 is 15.0. The number of methoxy groups -OCH3 is 2. The smallest absolute Gasteiger partial charge is 0.496 e. The predicted octanol–water partition coefficient (Wildman–Crippen LogP) is 2.87. The second-order valence-electron chi connectivity index (χ2n) is 11.7. The maximum absolute atomic E-state index is 13.8. The molecule has 5 atom stereocenters. The third kappa shape index (κ3) is 9.44. The number of nitrogens with zero attached hydrogens (tertiary/aromatic N) is 1. The first-order chi connectivity index (χ1) is 22.3. The summed E-state index contributed by atoms with van der Waals surface area (Å²) in [4.78, 5) is 91.0. The number of hydrogen-bond donors (Lipinski definition) is 3. The number of ether oxygens (including phenoxy) is 3. The highest BCUT2D eigenvalue weighted by atomic mass is 17.2. The van der Waals surface area contributed by atoms with Crippen LogP contribution in [0.15, 0.2) is 24.3 Å². The number of carbonyl (C=O) groups excluding carboxylic acids is 6. The van der Waals surface area contributed by atoms with E-state index < -0.39 is 66.5 Å². The van der Waals surface area contributed by atoms with Crippen LogP contribution >= 0.6 is 0 Å². The Labute approximate surface area is 272 Å². The summed E-state index contributed by atoms with van der Waals surface area (Å²) in [6.45, 7) is 8.00. The molecule has 1 aliphatic heterocycles. The monoisotopic (exact) mass is 660 g/mol. The molecule has 15 heteroatoms. The molecule has 258 valence electrons. The van der Waals surface area contributed by atoms with Crippen molar-refractivity contribution in [1.29, 1.82) is 0 Å². The van der Waals surface area contributed by atoms with Gasteiger partial charge in [-0.25, -0.2) is 9.59 Å². The van der Waals surface area contributed by atoms with Crippen LogP contribution in [0, 0.1) is 17.8 Å². The van der Waals surface area contributed by atoms with Crippen LogP contribution in [0.25, 0.3) is 10.9 Å². The van der Waals surface area contributed by atoms with E-state index in [1.54, 1.807) is 38.1 Å². The molecule has 1 aliphatic rings. The predicted molar refractivity (Wildman–Crippen MR) is 167 cm³/mol. The number of aromatic amines is 1. The molecule has 1 aromatic heterocycles. The molecular weight excluding hydrogens is 616 g/mol. The van der Waals surface area contributed by atoms with Crippen LogP contribution in [0.4, 0.5) is 4.79 Å². The molecular formula is C32H44N4O11. The molecule has 3 rings (SSSR count). The summed E-state index contributed by atoms with van der Waals surface area (Å²) >= 11 is 0. The van der Waals surface area contributed by atoms with Crippen molar-refractivity contribution >= 4 is 46.5 Å². The van der Waals surface area contributed by atoms with E-state index in [-0.39, 0.29) is 36.9 Å². The molecule has 0 bridgehead atoms. The van der Waals surface area contributed by atoms with Crippen LogP contribution in [0.1, 0.15) is 64.4 Å². The Hall–Kier alpha value is -4.66. The average Bonchev–Trinajstić information content (AvgIpc) is 3.66. The number of H-pyrrole nitrogens is 1. The van der Waals surface area contributed by atoms with E-state index in [4.69, 9.17) is 14.4 Å². The van der Waals surface area contributed by atoms with Crippen molar-refractivity contribution in [2.75, 3.05) is 27.4 Å². The molecule has 0 aliphatic carbocycles. The molecule has 0 saturated carbocycles. The number of carbonyl (C=O) groups is 6. The zero-order valence-corrected chi connectivity index (χ0v) is 27.7. The van der Waals surface area contributed by atoms with Crippen molar-refractivity contribution in [2.45, 2.75) is 72.2 Å². The fourth-order valence-electron chi connectivity index (χ4n) is 5.48. The molecule has 2 aromatic rings. The lowest BCUT2D eigenvalue weighted by molar-refractivity contribution is -0.268. The maximum Gasteiger partial charge on any atom is 0.509 e. The number of fused-ring (bicyclic) bond motifs is 1. The van der Waals surface area contributed by atoms with Gasteiger partial charge in [0, 0.05) is 29.8 Å². The minimum Gasteiger partial charge on any atom is -0.496 e. The quantitative estimate of drug-likeness (QED) is 0.136. The number of aromatic nitrogens is 1. The topological polar surface area (TPSA) is 192 Å². The lowest BCUT2D eigenvalue weighted by Gasteiger charge is -2.30. The lowest BCUT2D eigenvalue weighted by Crippen LogP contribution is -2.56. The number of rotatable bonds is 16. The second-order valence-corrected chi connectivity index (χ2v) is 11.7. The van der Waals surface area contributed by atoms with E-state index in [0.29, 0.717) is 23.1 Å². The second kappa shape index (κ2) is 16.8. The molecule has 47 heavy (non-hydrogen) atoms. The molecule has 2 heterocycles. The first kappa shape index (κ1) is 36.8. The van der Waals surface area contributed by atoms with Gasteiger partial charge in [-0.3, -0.25) is 24.1 Å². The van der Waals surface area contributed by atoms with Gasteiger partial charge in [0.05, 0.1) is 20.3 Å². The summed E-state index contributed by atoms with van der Waals surface area (Å²) in [5, 5.41) is 6.18. The highest BCUT2D eigenvalue weighted by Crippen LogP contribution is 2.30. The van der Waals surface area contributed by atoms with Gasteiger partial charge >= 0.3 is 12.1 Å². The van der Waals surface area contributed by atoms with Gasteiger partial charge in [0.2, 0.25) is 11.8 Å². The van der Waals surface area contributed by atoms with E-state index in [2.05, 4.69) is 25.2 Å². The number of likely N-dealkylation sites (tertiary alicyclic amines) is 1. The molecule has 15 nitrogen and oxygen atoms in total. The van der Waals surface area contributed by atoms with Crippen molar-refractivity contribution in [3.8, 4) is 5.75 Å². The Bertz CT molecular complexity index is 1460. The summed E-state index contributed by atoms with van der Waals surface area (Å²) in [6.07, 6.45) is -1.33. The van der Waals surface area contributed by atoms with Gasteiger partial charge in [0.25, 0.3) is 5.91 Å². The fourth-order valence-corrected chi connectivity index (χ4v) is 5.48. The van der Waals surface area contributed by atoms with Crippen molar-refractivity contribution < 1.29 is 52.8 Å². The van der Waals surface area contributed by atoms with Crippen LogP contribution in [-0.4, -0.2) is 91.2 Å². The molecule has 3 amide bonds. The first-order valence-corrected chi connectivity index (χ1v) is 15.5. The van der Waals surface area contributed by atoms with Crippen LogP contribution in [-0.2, 0) is 38.4 Å². The van der Waals surface area contributed by atoms with Crippen LogP contribution < -0.4 is 15.4 Å². The van der Waals surface area contributed by atoms with Crippen LogP contribution in [0.5, 0.6) is 5.75 Å². The third-order valence-electron chi connectivity index (χ3n) is 8.02. The largest absolute Gasteiger partial charge is 0.509 e. The number of nitrogens with one attached hydrogen (secondary N) is 3. The summed E-state index contributed by atoms with van der Waals surface area (Å²) in [7, 11) is 2.67. The Morgan fingerprint density at radius 1 is 1.06 bits per heavy atom. The lowest BCUT2D eigenvalue weighted by atomic mass is 9.84. The molecule has 1 fully saturated rings. The highest BCUT2D eigenvalue weighted by molar-refractivity contribution is 6.02.